The van der Waals surface area contributed by atoms with Crippen LogP contribution in [0, 0.1) is 22.7 Å². The second kappa shape index (κ2) is 4.54. The van der Waals surface area contributed by atoms with Gasteiger partial charge in [0.15, 0.2) is 0 Å². The van der Waals surface area contributed by atoms with Gasteiger partial charge in [0.2, 0.25) is 0 Å². The second-order valence-corrected chi connectivity index (χ2v) is 2.44. The Morgan fingerprint density at radius 1 is 1.29 bits per heavy atom. The van der Waals surface area contributed by atoms with Gasteiger partial charge in [0.25, 0.3) is 0 Å². The predicted octanol–water partition coefficient (Wildman–Crippen LogP) is 1.74. The SMILES string of the molecule is N#CC(C#N)=CNc1ccccc1O. The first-order valence-corrected chi connectivity index (χ1v) is 3.83. The first-order valence-electron chi connectivity index (χ1n) is 3.83. The van der Waals surface area contributed by atoms with E-state index in [0.717, 1.165) is 0 Å². The van der Waals surface area contributed by atoms with Gasteiger partial charge < -0.3 is 10.4 Å². The number of hydrogen-bond donors (Lipinski definition) is 2. The van der Waals surface area contributed by atoms with Gasteiger partial charge >= 0.3 is 0 Å². The molecule has 0 aromatic heterocycles. The number of nitriles is 2. The van der Waals surface area contributed by atoms with Gasteiger partial charge in [0, 0.05) is 6.20 Å². The van der Waals surface area contributed by atoms with Gasteiger partial charge in [0.05, 0.1) is 5.69 Å². The van der Waals surface area contributed by atoms with E-state index < -0.39 is 0 Å². The molecule has 0 atom stereocenters. The van der Waals surface area contributed by atoms with Crippen LogP contribution in [0.2, 0.25) is 0 Å². The van der Waals surface area contributed by atoms with Crippen molar-refractivity contribution >= 4 is 5.69 Å². The largest absolute Gasteiger partial charge is 0.506 e. The fraction of sp³-hybridized carbons (Fsp3) is 0. The molecule has 0 amide bonds. The van der Waals surface area contributed by atoms with Crippen LogP contribution < -0.4 is 5.32 Å². The topological polar surface area (TPSA) is 79.8 Å². The maximum absolute atomic E-state index is 9.31. The molecule has 1 aromatic carbocycles. The van der Waals surface area contributed by atoms with E-state index in [1.807, 2.05) is 0 Å². The van der Waals surface area contributed by atoms with E-state index in [4.69, 9.17) is 10.5 Å². The average Bonchev–Trinajstić information content (AvgIpc) is 2.22. The number of phenolic OH excluding ortho intramolecular Hbond substituents is 1. The summed E-state index contributed by atoms with van der Waals surface area (Å²) in [6, 6.07) is 9.95. The van der Waals surface area contributed by atoms with Crippen LogP contribution in [-0.2, 0) is 0 Å². The smallest absolute Gasteiger partial charge is 0.145 e. The Balaban J connectivity index is 2.83. The fourth-order valence-corrected chi connectivity index (χ4v) is 0.835. The van der Waals surface area contributed by atoms with Gasteiger partial charge in [-0.25, -0.2) is 0 Å². The van der Waals surface area contributed by atoms with Crippen molar-refractivity contribution in [2.45, 2.75) is 0 Å². The van der Waals surface area contributed by atoms with E-state index in [1.54, 1.807) is 30.3 Å². The average molecular weight is 185 g/mol. The molecule has 1 aromatic rings. The third-order valence-corrected chi connectivity index (χ3v) is 1.52. The number of anilines is 1. The van der Waals surface area contributed by atoms with Crippen LogP contribution in [-0.4, -0.2) is 5.11 Å². The number of aromatic hydroxyl groups is 1. The molecule has 0 bridgehead atoms. The van der Waals surface area contributed by atoms with Crippen LogP contribution in [0.5, 0.6) is 5.75 Å². The summed E-state index contributed by atoms with van der Waals surface area (Å²) < 4.78 is 0. The van der Waals surface area contributed by atoms with Crippen LogP contribution in [0.4, 0.5) is 5.69 Å². The lowest BCUT2D eigenvalue weighted by atomic mass is 10.3. The zero-order valence-corrected chi connectivity index (χ0v) is 7.23. The Labute approximate surface area is 81.3 Å². The summed E-state index contributed by atoms with van der Waals surface area (Å²) in [6.45, 7) is 0. The highest BCUT2D eigenvalue weighted by Gasteiger charge is 1.96. The first kappa shape index (κ1) is 9.63. The molecule has 68 valence electrons. The Bertz CT molecular complexity index is 421. The van der Waals surface area contributed by atoms with Crippen LogP contribution in [0.3, 0.4) is 0 Å². The third kappa shape index (κ3) is 2.26. The van der Waals surface area contributed by atoms with Crippen molar-refractivity contribution in [2.75, 3.05) is 5.32 Å². The van der Waals surface area contributed by atoms with E-state index in [0.29, 0.717) is 5.69 Å². The molecule has 0 fully saturated rings. The molecule has 4 heteroatoms. The molecular weight excluding hydrogens is 178 g/mol. The Morgan fingerprint density at radius 3 is 2.50 bits per heavy atom. The van der Waals surface area contributed by atoms with Gasteiger partial charge in [-0.15, -0.1) is 0 Å². The molecule has 0 aliphatic carbocycles. The fourth-order valence-electron chi connectivity index (χ4n) is 0.835. The lowest BCUT2D eigenvalue weighted by Gasteiger charge is -2.01. The summed E-state index contributed by atoms with van der Waals surface area (Å²) in [5.74, 6) is 0.0685. The van der Waals surface area contributed by atoms with Crippen LogP contribution in [0.25, 0.3) is 0 Å². The molecule has 0 aliphatic heterocycles. The molecule has 14 heavy (non-hydrogen) atoms. The van der Waals surface area contributed by atoms with E-state index >= 15 is 0 Å². The number of nitrogens with zero attached hydrogens (tertiary/aromatic N) is 2. The number of allylic oxidation sites excluding steroid dienone is 1. The lowest BCUT2D eigenvalue weighted by Crippen LogP contribution is -1.89. The number of nitrogens with one attached hydrogen (secondary N) is 1. The highest BCUT2D eigenvalue weighted by atomic mass is 16.3. The van der Waals surface area contributed by atoms with Crippen molar-refractivity contribution in [2.24, 2.45) is 0 Å². The van der Waals surface area contributed by atoms with Crippen molar-refractivity contribution < 1.29 is 5.11 Å². The number of benzene rings is 1. The molecule has 0 aliphatic rings. The van der Waals surface area contributed by atoms with Gasteiger partial charge in [-0.05, 0) is 12.1 Å². The minimum atomic E-state index is -0.0479. The summed E-state index contributed by atoms with van der Waals surface area (Å²) in [7, 11) is 0. The number of para-hydroxylation sites is 2. The van der Waals surface area contributed by atoms with Gasteiger partial charge in [-0.2, -0.15) is 10.5 Å². The molecular formula is C10H7N3O. The number of hydrogen-bond acceptors (Lipinski definition) is 4. The summed E-state index contributed by atoms with van der Waals surface area (Å²) >= 11 is 0. The van der Waals surface area contributed by atoms with Crippen LogP contribution in [0.15, 0.2) is 36.0 Å². The lowest BCUT2D eigenvalue weighted by molar-refractivity contribution is 0.477. The Kier molecular flexibility index (Phi) is 3.12. The third-order valence-electron chi connectivity index (χ3n) is 1.52. The first-order chi connectivity index (χ1) is 6.77. The van der Waals surface area contributed by atoms with E-state index in [2.05, 4.69) is 5.32 Å². The molecule has 0 unspecified atom stereocenters. The standard InChI is InChI=1S/C10H7N3O/c11-5-8(6-12)7-13-9-3-1-2-4-10(9)14/h1-4,7,13-14H. The van der Waals surface area contributed by atoms with Gasteiger partial charge in [-0.1, -0.05) is 12.1 Å². The van der Waals surface area contributed by atoms with E-state index in [-0.39, 0.29) is 11.3 Å². The van der Waals surface area contributed by atoms with Crippen molar-refractivity contribution in [3.63, 3.8) is 0 Å². The number of rotatable bonds is 2. The molecule has 0 saturated heterocycles. The molecule has 4 nitrogen and oxygen atoms in total. The summed E-state index contributed by atoms with van der Waals surface area (Å²) in [6.07, 6.45) is 1.25. The molecule has 2 N–H and O–H groups in total. The van der Waals surface area contributed by atoms with Gasteiger partial charge in [-0.3, -0.25) is 0 Å². The van der Waals surface area contributed by atoms with Crippen molar-refractivity contribution in [3.8, 4) is 17.9 Å². The predicted molar refractivity (Wildman–Crippen MR) is 51.0 cm³/mol. The molecule has 1 rings (SSSR count). The van der Waals surface area contributed by atoms with Crippen LogP contribution >= 0.6 is 0 Å². The summed E-state index contributed by atoms with van der Waals surface area (Å²) in [5, 5.41) is 28.8. The van der Waals surface area contributed by atoms with Gasteiger partial charge in [0.1, 0.15) is 23.5 Å². The number of phenols is 1. The second-order valence-electron chi connectivity index (χ2n) is 2.44. The zero-order chi connectivity index (χ0) is 10.4. The Hall–Kier alpha value is -2.46. The maximum Gasteiger partial charge on any atom is 0.145 e. The molecule has 0 radical (unpaired) electrons. The van der Waals surface area contributed by atoms with Crippen molar-refractivity contribution in [3.05, 3.63) is 36.0 Å². The van der Waals surface area contributed by atoms with E-state index in [9.17, 15) is 5.11 Å². The van der Waals surface area contributed by atoms with Crippen LogP contribution in [0.1, 0.15) is 0 Å². The van der Waals surface area contributed by atoms with Crippen molar-refractivity contribution in [1.29, 1.82) is 10.5 Å². The highest BCUT2D eigenvalue weighted by Crippen LogP contribution is 2.21. The van der Waals surface area contributed by atoms with E-state index in [1.165, 1.54) is 12.3 Å². The van der Waals surface area contributed by atoms with Crippen molar-refractivity contribution in [1.82, 2.24) is 0 Å². The highest BCUT2D eigenvalue weighted by molar-refractivity contribution is 5.58. The molecule has 0 spiro atoms. The quantitative estimate of drug-likeness (QED) is 0.543. The minimum absolute atomic E-state index is 0.0479. The maximum atomic E-state index is 9.31. The normalized spacial score (nSPS) is 8.14. The summed E-state index contributed by atoms with van der Waals surface area (Å²) in [4.78, 5) is 0. The minimum Gasteiger partial charge on any atom is -0.506 e. The Morgan fingerprint density at radius 2 is 1.93 bits per heavy atom. The zero-order valence-electron chi connectivity index (χ0n) is 7.23. The summed E-state index contributed by atoms with van der Waals surface area (Å²) in [5.41, 5.74) is 0.406. The monoisotopic (exact) mass is 185 g/mol. The molecule has 0 heterocycles. The molecule has 0 saturated carbocycles.